The predicted octanol–water partition coefficient (Wildman–Crippen LogP) is 2.01. The molecule has 6 nitrogen and oxygen atoms in total. The van der Waals surface area contributed by atoms with E-state index in [4.69, 9.17) is 4.74 Å². The van der Waals surface area contributed by atoms with Gasteiger partial charge in [-0.1, -0.05) is 0 Å². The van der Waals surface area contributed by atoms with Crippen molar-refractivity contribution in [3.8, 4) is 0 Å². The van der Waals surface area contributed by atoms with Gasteiger partial charge in [0.25, 0.3) is 5.91 Å². The van der Waals surface area contributed by atoms with Gasteiger partial charge in [-0.05, 0) is 30.7 Å². The number of nitrogens with zero attached hydrogens (tertiary/aromatic N) is 2. The Labute approximate surface area is 162 Å². The van der Waals surface area contributed by atoms with E-state index in [0.29, 0.717) is 32.7 Å². The molecule has 0 aromatic heterocycles. The Morgan fingerprint density at radius 2 is 1.79 bits per heavy atom. The average Bonchev–Trinajstić information content (AvgIpc) is 2.70. The summed E-state index contributed by atoms with van der Waals surface area (Å²) in [6.45, 7) is 3.78. The van der Waals surface area contributed by atoms with Gasteiger partial charge in [-0.2, -0.15) is 13.2 Å². The van der Waals surface area contributed by atoms with Gasteiger partial charge >= 0.3 is 6.18 Å². The number of piperazine rings is 1. The third kappa shape index (κ3) is 6.49. The van der Waals surface area contributed by atoms with E-state index in [0.717, 1.165) is 25.2 Å². The molecule has 1 aromatic carbocycles. The molecule has 2 rings (SSSR count). The molecular formula is C19H26F3N3O3. The molecule has 156 valence electrons. The van der Waals surface area contributed by atoms with E-state index in [1.807, 2.05) is 0 Å². The normalized spacial score (nSPS) is 14.8. The Morgan fingerprint density at radius 3 is 2.36 bits per heavy atom. The Morgan fingerprint density at radius 1 is 1.14 bits per heavy atom. The summed E-state index contributed by atoms with van der Waals surface area (Å²) in [5.74, 6) is -0.420. The Hall–Kier alpha value is -2.13. The van der Waals surface area contributed by atoms with Crippen LogP contribution in [-0.4, -0.2) is 74.6 Å². The summed E-state index contributed by atoms with van der Waals surface area (Å²) in [6, 6.07) is 4.14. The van der Waals surface area contributed by atoms with Crippen LogP contribution in [-0.2, 0) is 15.7 Å². The van der Waals surface area contributed by atoms with Gasteiger partial charge in [0.1, 0.15) is 0 Å². The second-order valence-electron chi connectivity index (χ2n) is 6.59. The third-order valence-corrected chi connectivity index (χ3v) is 4.59. The minimum Gasteiger partial charge on any atom is -0.385 e. The standard InChI is InChI=1S/C19H26F3N3O3/c1-28-14-2-10-25(11-7-17(26)24-12-8-23-9-13-24)18(27)15-3-5-16(6-4-15)19(20,21)22/h3-6,23H,2,7-14H2,1H3. The number of ether oxygens (including phenoxy) is 1. The highest BCUT2D eigenvalue weighted by molar-refractivity contribution is 5.94. The van der Waals surface area contributed by atoms with Crippen LogP contribution in [0.15, 0.2) is 24.3 Å². The summed E-state index contributed by atoms with van der Waals surface area (Å²) < 4.78 is 43.2. The molecule has 1 heterocycles. The van der Waals surface area contributed by atoms with Crippen LogP contribution in [0.5, 0.6) is 0 Å². The van der Waals surface area contributed by atoms with E-state index in [1.54, 1.807) is 12.0 Å². The number of nitrogens with one attached hydrogen (secondary N) is 1. The van der Waals surface area contributed by atoms with E-state index in [2.05, 4.69) is 5.32 Å². The van der Waals surface area contributed by atoms with E-state index >= 15 is 0 Å². The summed E-state index contributed by atoms with van der Waals surface area (Å²) in [4.78, 5) is 28.4. The number of amides is 2. The summed E-state index contributed by atoms with van der Waals surface area (Å²) in [5.41, 5.74) is -0.635. The molecule has 0 spiro atoms. The number of benzene rings is 1. The first-order chi connectivity index (χ1) is 13.3. The van der Waals surface area contributed by atoms with E-state index in [-0.39, 0.29) is 24.4 Å². The zero-order valence-corrected chi connectivity index (χ0v) is 15.9. The quantitative estimate of drug-likeness (QED) is 0.677. The lowest BCUT2D eigenvalue weighted by Crippen LogP contribution is -2.47. The van der Waals surface area contributed by atoms with Gasteiger partial charge in [0.15, 0.2) is 0 Å². The molecule has 1 N–H and O–H groups in total. The highest BCUT2D eigenvalue weighted by atomic mass is 19.4. The maximum Gasteiger partial charge on any atom is 0.416 e. The molecule has 0 saturated carbocycles. The number of hydrogen-bond donors (Lipinski definition) is 1. The van der Waals surface area contributed by atoms with Crippen molar-refractivity contribution in [2.45, 2.75) is 19.0 Å². The molecule has 1 aromatic rings. The molecular weight excluding hydrogens is 375 g/mol. The van der Waals surface area contributed by atoms with Crippen molar-refractivity contribution < 1.29 is 27.5 Å². The number of methoxy groups -OCH3 is 1. The average molecular weight is 401 g/mol. The molecule has 0 radical (unpaired) electrons. The highest BCUT2D eigenvalue weighted by Gasteiger charge is 2.30. The second-order valence-corrected chi connectivity index (χ2v) is 6.59. The Kier molecular flexibility index (Phi) is 8.25. The summed E-state index contributed by atoms with van der Waals surface area (Å²) in [7, 11) is 1.55. The molecule has 28 heavy (non-hydrogen) atoms. The minimum atomic E-state index is -4.45. The van der Waals surface area contributed by atoms with Crippen LogP contribution in [0.2, 0.25) is 0 Å². The monoisotopic (exact) mass is 401 g/mol. The number of carbonyl (C=O) groups is 2. The van der Waals surface area contributed by atoms with Gasteiger partial charge in [-0.15, -0.1) is 0 Å². The Balaban J connectivity index is 2.01. The Bertz CT molecular complexity index is 644. The lowest BCUT2D eigenvalue weighted by Gasteiger charge is -2.29. The zero-order valence-electron chi connectivity index (χ0n) is 15.9. The van der Waals surface area contributed by atoms with Crippen LogP contribution in [0, 0.1) is 0 Å². The van der Waals surface area contributed by atoms with Crippen molar-refractivity contribution in [1.29, 1.82) is 0 Å². The first kappa shape index (κ1) is 22.2. The minimum absolute atomic E-state index is 0.0292. The van der Waals surface area contributed by atoms with Crippen molar-refractivity contribution in [1.82, 2.24) is 15.1 Å². The molecule has 0 unspecified atom stereocenters. The maximum absolute atomic E-state index is 12.8. The number of carbonyl (C=O) groups excluding carboxylic acids is 2. The van der Waals surface area contributed by atoms with Gasteiger partial charge in [0.05, 0.1) is 5.56 Å². The topological polar surface area (TPSA) is 61.9 Å². The van der Waals surface area contributed by atoms with Crippen molar-refractivity contribution >= 4 is 11.8 Å². The molecule has 9 heteroatoms. The first-order valence-electron chi connectivity index (χ1n) is 9.27. The van der Waals surface area contributed by atoms with Crippen LogP contribution in [0.3, 0.4) is 0 Å². The van der Waals surface area contributed by atoms with Crippen molar-refractivity contribution in [3.63, 3.8) is 0 Å². The lowest BCUT2D eigenvalue weighted by atomic mass is 10.1. The van der Waals surface area contributed by atoms with Crippen molar-refractivity contribution in [2.24, 2.45) is 0 Å². The summed E-state index contributed by atoms with van der Waals surface area (Å²) in [5, 5.41) is 3.17. The highest BCUT2D eigenvalue weighted by Crippen LogP contribution is 2.29. The fraction of sp³-hybridized carbons (Fsp3) is 0.579. The molecule has 1 aliphatic rings. The molecule has 0 aliphatic carbocycles. The van der Waals surface area contributed by atoms with Gasteiger partial charge in [-0.25, -0.2) is 0 Å². The zero-order chi connectivity index (χ0) is 20.6. The van der Waals surface area contributed by atoms with Crippen molar-refractivity contribution in [2.75, 3.05) is 53.0 Å². The largest absolute Gasteiger partial charge is 0.416 e. The van der Waals surface area contributed by atoms with Gasteiger partial charge in [0.2, 0.25) is 5.91 Å². The molecule has 1 aliphatic heterocycles. The van der Waals surface area contributed by atoms with Crippen LogP contribution in [0.25, 0.3) is 0 Å². The molecule has 1 fully saturated rings. The molecule has 2 amide bonds. The number of halogens is 3. The lowest BCUT2D eigenvalue weighted by molar-refractivity contribution is -0.137. The van der Waals surface area contributed by atoms with Gasteiger partial charge < -0.3 is 19.9 Å². The molecule has 0 atom stereocenters. The van der Waals surface area contributed by atoms with Crippen LogP contribution >= 0.6 is 0 Å². The van der Waals surface area contributed by atoms with Crippen molar-refractivity contribution in [3.05, 3.63) is 35.4 Å². The maximum atomic E-state index is 12.8. The smallest absolute Gasteiger partial charge is 0.385 e. The van der Waals surface area contributed by atoms with Gasteiger partial charge in [0, 0.05) is 65.0 Å². The van der Waals surface area contributed by atoms with E-state index in [9.17, 15) is 22.8 Å². The number of hydrogen-bond acceptors (Lipinski definition) is 4. The second kappa shape index (κ2) is 10.4. The van der Waals surface area contributed by atoms with Crippen LogP contribution in [0.4, 0.5) is 13.2 Å². The summed E-state index contributed by atoms with van der Waals surface area (Å²) >= 11 is 0. The third-order valence-electron chi connectivity index (χ3n) is 4.59. The van der Waals surface area contributed by atoms with E-state index < -0.39 is 17.6 Å². The summed E-state index contributed by atoms with van der Waals surface area (Å²) in [6.07, 6.45) is -3.69. The molecule has 0 bridgehead atoms. The predicted molar refractivity (Wildman–Crippen MR) is 97.9 cm³/mol. The number of rotatable bonds is 8. The fourth-order valence-electron chi connectivity index (χ4n) is 3.00. The van der Waals surface area contributed by atoms with Gasteiger partial charge in [-0.3, -0.25) is 9.59 Å². The van der Waals surface area contributed by atoms with Crippen LogP contribution < -0.4 is 5.32 Å². The number of alkyl halides is 3. The molecule has 1 saturated heterocycles. The van der Waals surface area contributed by atoms with Crippen LogP contribution in [0.1, 0.15) is 28.8 Å². The first-order valence-corrected chi connectivity index (χ1v) is 9.27. The SMILES string of the molecule is COCCCN(CCC(=O)N1CCNCC1)C(=O)c1ccc(C(F)(F)F)cc1. The van der Waals surface area contributed by atoms with E-state index in [1.165, 1.54) is 17.0 Å². The fourth-order valence-corrected chi connectivity index (χ4v) is 3.00.